The number of carbonyl (C=O) groups is 1. The van der Waals surface area contributed by atoms with Crippen molar-refractivity contribution in [2.75, 3.05) is 46.6 Å². The van der Waals surface area contributed by atoms with Gasteiger partial charge in [0.2, 0.25) is 0 Å². The van der Waals surface area contributed by atoms with Gasteiger partial charge in [-0.15, -0.1) is 0 Å². The summed E-state index contributed by atoms with van der Waals surface area (Å²) in [5.41, 5.74) is 3.54. The van der Waals surface area contributed by atoms with Crippen molar-refractivity contribution in [2.45, 2.75) is 26.8 Å². The number of morpholine rings is 1. The Kier molecular flexibility index (Phi) is 8.22. The fourth-order valence-corrected chi connectivity index (χ4v) is 4.60. The van der Waals surface area contributed by atoms with Crippen LogP contribution in [0.15, 0.2) is 42.5 Å². The summed E-state index contributed by atoms with van der Waals surface area (Å²) in [7, 11) is 1.62. The van der Waals surface area contributed by atoms with Crippen LogP contribution < -0.4 is 14.8 Å². The lowest BCUT2D eigenvalue weighted by Gasteiger charge is -2.35. The maximum Gasteiger partial charge on any atom is 0.255 e. The summed E-state index contributed by atoms with van der Waals surface area (Å²) in [5, 5.41) is 7.65. The summed E-state index contributed by atoms with van der Waals surface area (Å²) < 4.78 is 31.8. The first-order chi connectivity index (χ1) is 17.4. The molecule has 9 heteroatoms. The van der Waals surface area contributed by atoms with Gasteiger partial charge in [0.05, 0.1) is 55.6 Å². The minimum atomic E-state index is -0.321. The molecular formula is C27H33FN4O4. The van der Waals surface area contributed by atoms with Crippen molar-refractivity contribution in [1.29, 1.82) is 0 Å². The molecular weight excluding hydrogens is 463 g/mol. The van der Waals surface area contributed by atoms with E-state index < -0.39 is 0 Å². The van der Waals surface area contributed by atoms with Gasteiger partial charge < -0.3 is 19.5 Å². The molecule has 1 atom stereocenters. The van der Waals surface area contributed by atoms with E-state index >= 15 is 0 Å². The van der Waals surface area contributed by atoms with E-state index in [1.807, 2.05) is 32.0 Å². The maximum absolute atomic E-state index is 13.4. The number of carbonyl (C=O) groups excluding carboxylic acids is 1. The summed E-state index contributed by atoms with van der Waals surface area (Å²) in [5.74, 6) is 0.826. The van der Waals surface area contributed by atoms with Crippen LogP contribution in [-0.2, 0) is 4.74 Å². The molecule has 36 heavy (non-hydrogen) atoms. The predicted molar refractivity (Wildman–Crippen MR) is 135 cm³/mol. The molecule has 1 aliphatic heterocycles. The molecule has 4 rings (SSSR count). The van der Waals surface area contributed by atoms with Gasteiger partial charge in [0.15, 0.2) is 11.5 Å². The van der Waals surface area contributed by atoms with Crippen LogP contribution in [-0.4, -0.2) is 67.2 Å². The van der Waals surface area contributed by atoms with Crippen molar-refractivity contribution in [3.8, 4) is 17.2 Å². The fourth-order valence-electron chi connectivity index (χ4n) is 4.60. The van der Waals surface area contributed by atoms with Crippen LogP contribution in [0.3, 0.4) is 0 Å². The van der Waals surface area contributed by atoms with E-state index in [0.29, 0.717) is 60.5 Å². The van der Waals surface area contributed by atoms with E-state index in [0.717, 1.165) is 18.7 Å². The smallest absolute Gasteiger partial charge is 0.255 e. The van der Waals surface area contributed by atoms with Crippen molar-refractivity contribution >= 4 is 5.91 Å². The van der Waals surface area contributed by atoms with Crippen molar-refractivity contribution in [1.82, 2.24) is 20.0 Å². The third-order valence-electron chi connectivity index (χ3n) is 6.40. The molecule has 2 aromatic carbocycles. The first kappa shape index (κ1) is 25.7. The minimum Gasteiger partial charge on any atom is -0.493 e. The topological polar surface area (TPSA) is 77.9 Å². The quantitative estimate of drug-likeness (QED) is 0.485. The Labute approximate surface area is 211 Å². The zero-order chi connectivity index (χ0) is 25.7. The highest BCUT2D eigenvalue weighted by Crippen LogP contribution is 2.32. The SMILES string of the molecule is CCOc1ccc(C(CNC(=O)c2c(C)nn(-c3ccc(F)cc3)c2C)N2CCOCC2)cc1OC. The van der Waals surface area contributed by atoms with Crippen molar-refractivity contribution in [2.24, 2.45) is 0 Å². The highest BCUT2D eigenvalue weighted by Gasteiger charge is 2.26. The third-order valence-corrected chi connectivity index (χ3v) is 6.40. The van der Waals surface area contributed by atoms with Gasteiger partial charge in [-0.25, -0.2) is 9.07 Å². The second kappa shape index (κ2) is 11.5. The average molecular weight is 497 g/mol. The van der Waals surface area contributed by atoms with Gasteiger partial charge in [-0.3, -0.25) is 9.69 Å². The predicted octanol–water partition coefficient (Wildman–Crippen LogP) is 3.84. The van der Waals surface area contributed by atoms with Crippen LogP contribution in [0.4, 0.5) is 4.39 Å². The molecule has 192 valence electrons. The van der Waals surface area contributed by atoms with Gasteiger partial charge in [-0.2, -0.15) is 5.10 Å². The Bertz CT molecular complexity index is 1190. The maximum atomic E-state index is 13.4. The van der Waals surface area contributed by atoms with Crippen LogP contribution in [0.1, 0.15) is 40.3 Å². The zero-order valence-electron chi connectivity index (χ0n) is 21.2. The van der Waals surface area contributed by atoms with Gasteiger partial charge in [0.1, 0.15) is 5.82 Å². The molecule has 1 saturated heterocycles. The molecule has 1 N–H and O–H groups in total. The van der Waals surface area contributed by atoms with Gasteiger partial charge in [0, 0.05) is 19.6 Å². The molecule has 1 amide bonds. The standard InChI is InChI=1S/C27H33FN4O4/c1-5-36-24-11-6-20(16-25(24)34-4)23(31-12-14-35-15-13-31)17-29-27(33)26-18(2)30-32(19(26)3)22-9-7-21(28)8-10-22/h6-11,16,23H,5,12-15,17H2,1-4H3,(H,29,33). The largest absolute Gasteiger partial charge is 0.493 e. The van der Waals surface area contributed by atoms with E-state index in [4.69, 9.17) is 14.2 Å². The van der Waals surface area contributed by atoms with Gasteiger partial charge in [0.25, 0.3) is 5.91 Å². The lowest BCUT2D eigenvalue weighted by molar-refractivity contribution is 0.0162. The number of ether oxygens (including phenoxy) is 3. The summed E-state index contributed by atoms with van der Waals surface area (Å²) >= 11 is 0. The molecule has 1 unspecified atom stereocenters. The Hall–Kier alpha value is -3.43. The highest BCUT2D eigenvalue weighted by molar-refractivity contribution is 5.96. The van der Waals surface area contributed by atoms with Crippen LogP contribution >= 0.6 is 0 Å². The first-order valence-corrected chi connectivity index (χ1v) is 12.2. The number of amides is 1. The zero-order valence-corrected chi connectivity index (χ0v) is 21.2. The molecule has 0 aliphatic carbocycles. The highest BCUT2D eigenvalue weighted by atomic mass is 19.1. The lowest BCUT2D eigenvalue weighted by atomic mass is 10.0. The molecule has 0 radical (unpaired) electrons. The Morgan fingerprint density at radius 3 is 2.53 bits per heavy atom. The summed E-state index contributed by atoms with van der Waals surface area (Å²) in [6.45, 7) is 9.32. The van der Waals surface area contributed by atoms with E-state index in [1.54, 1.807) is 30.8 Å². The second-order valence-corrected chi connectivity index (χ2v) is 8.65. The molecule has 0 spiro atoms. The van der Waals surface area contributed by atoms with Crippen LogP contribution in [0, 0.1) is 19.7 Å². The first-order valence-electron chi connectivity index (χ1n) is 12.2. The summed E-state index contributed by atoms with van der Waals surface area (Å²) in [6.07, 6.45) is 0. The monoisotopic (exact) mass is 496 g/mol. The van der Waals surface area contributed by atoms with E-state index in [1.165, 1.54) is 12.1 Å². The Balaban J connectivity index is 1.57. The number of nitrogens with one attached hydrogen (secondary N) is 1. The van der Waals surface area contributed by atoms with Crippen LogP contribution in [0.5, 0.6) is 11.5 Å². The second-order valence-electron chi connectivity index (χ2n) is 8.65. The van der Waals surface area contributed by atoms with Crippen molar-refractivity contribution in [3.63, 3.8) is 0 Å². The number of halogens is 1. The number of methoxy groups -OCH3 is 1. The lowest BCUT2D eigenvalue weighted by Crippen LogP contribution is -2.44. The summed E-state index contributed by atoms with van der Waals surface area (Å²) in [6, 6.07) is 11.9. The normalized spacial score (nSPS) is 14.9. The van der Waals surface area contributed by atoms with E-state index in [2.05, 4.69) is 15.3 Å². The summed E-state index contributed by atoms with van der Waals surface area (Å²) in [4.78, 5) is 15.7. The number of hydrogen-bond donors (Lipinski definition) is 1. The Morgan fingerprint density at radius 1 is 1.14 bits per heavy atom. The molecule has 3 aromatic rings. The van der Waals surface area contributed by atoms with Gasteiger partial charge in [-0.05, 0) is 62.7 Å². The number of rotatable bonds is 9. The average Bonchev–Trinajstić information content (AvgIpc) is 3.19. The van der Waals surface area contributed by atoms with Crippen LogP contribution in [0.25, 0.3) is 5.69 Å². The van der Waals surface area contributed by atoms with Gasteiger partial charge >= 0.3 is 0 Å². The fraction of sp³-hybridized carbons (Fsp3) is 0.407. The minimum absolute atomic E-state index is 0.0739. The number of aryl methyl sites for hydroxylation is 1. The molecule has 8 nitrogen and oxygen atoms in total. The Morgan fingerprint density at radius 2 is 1.86 bits per heavy atom. The molecule has 1 aromatic heterocycles. The number of aromatic nitrogens is 2. The van der Waals surface area contributed by atoms with Crippen LogP contribution in [0.2, 0.25) is 0 Å². The van der Waals surface area contributed by atoms with Crippen molar-refractivity contribution < 1.29 is 23.4 Å². The number of benzene rings is 2. The molecule has 1 fully saturated rings. The molecule has 1 aliphatic rings. The molecule has 0 bridgehead atoms. The third kappa shape index (κ3) is 5.52. The molecule has 0 saturated carbocycles. The van der Waals surface area contributed by atoms with E-state index in [9.17, 15) is 9.18 Å². The number of nitrogens with zero attached hydrogens (tertiary/aromatic N) is 3. The van der Waals surface area contributed by atoms with E-state index in [-0.39, 0.29) is 17.8 Å². The van der Waals surface area contributed by atoms with Gasteiger partial charge in [-0.1, -0.05) is 6.07 Å². The van der Waals surface area contributed by atoms with Crippen molar-refractivity contribution in [3.05, 3.63) is 70.8 Å². The number of hydrogen-bond acceptors (Lipinski definition) is 6. The molecule has 2 heterocycles.